The highest BCUT2D eigenvalue weighted by Gasteiger charge is 2.42. The molecule has 3 atom stereocenters. The standard InChI is InChI=1S/C18H29N3OS.2C2HF3O2/c1-19-6-8-20(9-7-19)13-18-17-12-21(5-4-15(17)14-22-18)11-16-3-2-10-23-16;2*3-2(4,5)1(6)7/h2-3,10,15,17-18H,4-9,11-14H2,1H3;2*(H,6,7)/t15-,17-,18+;;/m0../s1. The topological polar surface area (TPSA) is 93.5 Å². The summed E-state index contributed by atoms with van der Waals surface area (Å²) in [5.74, 6) is -3.98. The lowest BCUT2D eigenvalue weighted by molar-refractivity contribution is -0.193. The number of rotatable bonds is 4. The molecule has 0 spiro atoms. The number of carboxylic acids is 2. The zero-order valence-corrected chi connectivity index (χ0v) is 21.0. The highest BCUT2D eigenvalue weighted by molar-refractivity contribution is 7.09. The van der Waals surface area contributed by atoms with E-state index >= 15 is 0 Å². The highest BCUT2D eigenvalue weighted by Crippen LogP contribution is 2.35. The first-order valence-electron chi connectivity index (χ1n) is 11.5. The Kier molecular flexibility index (Phi) is 11.6. The van der Waals surface area contributed by atoms with Gasteiger partial charge in [-0.25, -0.2) is 9.59 Å². The number of likely N-dealkylation sites (N-methyl/N-ethyl adjacent to an activating group) is 1. The zero-order chi connectivity index (χ0) is 27.8. The van der Waals surface area contributed by atoms with Crippen LogP contribution in [-0.2, 0) is 20.9 Å². The molecule has 0 amide bonds. The summed E-state index contributed by atoms with van der Waals surface area (Å²) in [6, 6.07) is 4.44. The Labute approximate surface area is 214 Å². The fourth-order valence-corrected chi connectivity index (χ4v) is 5.09. The lowest BCUT2D eigenvalue weighted by atomic mass is 9.84. The average Bonchev–Trinajstić information content (AvgIpc) is 3.45. The molecular weight excluding hydrogens is 532 g/mol. The Morgan fingerprint density at radius 3 is 2.05 bits per heavy atom. The van der Waals surface area contributed by atoms with Crippen molar-refractivity contribution in [1.29, 1.82) is 0 Å². The van der Waals surface area contributed by atoms with Gasteiger partial charge in [0, 0.05) is 56.6 Å². The smallest absolute Gasteiger partial charge is 0.475 e. The molecule has 0 aliphatic carbocycles. The van der Waals surface area contributed by atoms with Gasteiger partial charge in [0.05, 0.1) is 12.7 Å². The monoisotopic (exact) mass is 563 g/mol. The van der Waals surface area contributed by atoms with Crippen LogP contribution in [0, 0.1) is 11.8 Å². The maximum absolute atomic E-state index is 10.6. The van der Waals surface area contributed by atoms with Crippen molar-refractivity contribution in [3.05, 3.63) is 22.4 Å². The van der Waals surface area contributed by atoms with Gasteiger partial charge in [0.2, 0.25) is 0 Å². The molecule has 3 aliphatic heterocycles. The molecular formula is C22H31F6N3O5S. The van der Waals surface area contributed by atoms with Gasteiger partial charge in [-0.3, -0.25) is 9.80 Å². The van der Waals surface area contributed by atoms with Crippen LogP contribution in [0.4, 0.5) is 26.3 Å². The van der Waals surface area contributed by atoms with E-state index in [0.29, 0.717) is 6.10 Å². The molecule has 212 valence electrons. The third-order valence-corrected chi connectivity index (χ3v) is 7.23. The van der Waals surface area contributed by atoms with Crippen molar-refractivity contribution in [2.24, 2.45) is 11.8 Å². The predicted octanol–water partition coefficient (Wildman–Crippen LogP) is 3.10. The minimum Gasteiger partial charge on any atom is -0.475 e. The normalized spacial score (nSPS) is 25.3. The van der Waals surface area contributed by atoms with Crippen LogP contribution < -0.4 is 0 Å². The first kappa shape index (κ1) is 31.3. The fourth-order valence-electron chi connectivity index (χ4n) is 4.34. The second-order valence-electron chi connectivity index (χ2n) is 9.11. The van der Waals surface area contributed by atoms with Crippen LogP contribution in [0.1, 0.15) is 11.3 Å². The predicted molar refractivity (Wildman–Crippen MR) is 122 cm³/mol. The van der Waals surface area contributed by atoms with Crippen molar-refractivity contribution >= 4 is 23.3 Å². The molecule has 3 aliphatic rings. The minimum absolute atomic E-state index is 0.453. The van der Waals surface area contributed by atoms with Crippen LogP contribution in [-0.4, -0.2) is 115 Å². The van der Waals surface area contributed by atoms with E-state index in [1.807, 2.05) is 11.3 Å². The van der Waals surface area contributed by atoms with E-state index in [2.05, 4.69) is 39.3 Å². The van der Waals surface area contributed by atoms with E-state index < -0.39 is 24.3 Å². The highest BCUT2D eigenvalue weighted by atomic mass is 32.1. The average molecular weight is 564 g/mol. The molecule has 1 aromatic heterocycles. The molecule has 8 nitrogen and oxygen atoms in total. The molecule has 4 heterocycles. The lowest BCUT2D eigenvalue weighted by Gasteiger charge is -2.38. The second-order valence-corrected chi connectivity index (χ2v) is 10.1. The molecule has 1 aromatic rings. The van der Waals surface area contributed by atoms with Crippen molar-refractivity contribution in [3.63, 3.8) is 0 Å². The number of thiophene rings is 1. The third-order valence-electron chi connectivity index (χ3n) is 6.37. The number of nitrogens with zero attached hydrogens (tertiary/aromatic N) is 3. The number of carbonyl (C=O) groups is 2. The van der Waals surface area contributed by atoms with Crippen molar-refractivity contribution in [3.8, 4) is 0 Å². The number of piperazine rings is 1. The quantitative estimate of drug-likeness (QED) is 0.540. The maximum Gasteiger partial charge on any atom is 0.490 e. The van der Waals surface area contributed by atoms with Gasteiger partial charge in [-0.2, -0.15) is 26.3 Å². The molecule has 0 bridgehead atoms. The van der Waals surface area contributed by atoms with Gasteiger partial charge in [-0.1, -0.05) is 6.07 Å². The zero-order valence-electron chi connectivity index (χ0n) is 20.2. The van der Waals surface area contributed by atoms with Gasteiger partial charge in [0.15, 0.2) is 0 Å². The molecule has 3 saturated heterocycles. The molecule has 15 heteroatoms. The summed E-state index contributed by atoms with van der Waals surface area (Å²) in [4.78, 5) is 27.0. The van der Waals surface area contributed by atoms with Gasteiger partial charge >= 0.3 is 24.3 Å². The number of likely N-dealkylation sites (tertiary alicyclic amines) is 1. The molecule has 0 saturated carbocycles. The number of halogens is 6. The molecule has 3 fully saturated rings. The molecule has 0 unspecified atom stereocenters. The number of carboxylic acid groups (broad SMARTS) is 2. The van der Waals surface area contributed by atoms with E-state index in [9.17, 15) is 26.3 Å². The molecule has 37 heavy (non-hydrogen) atoms. The summed E-state index contributed by atoms with van der Waals surface area (Å²) in [7, 11) is 2.23. The summed E-state index contributed by atoms with van der Waals surface area (Å²) in [5, 5.41) is 16.4. The summed E-state index contributed by atoms with van der Waals surface area (Å²) >= 11 is 1.89. The van der Waals surface area contributed by atoms with Crippen LogP contribution in [0.2, 0.25) is 0 Å². The number of aliphatic carboxylic acids is 2. The summed E-state index contributed by atoms with van der Waals surface area (Å²) in [6.45, 7) is 10.5. The summed E-state index contributed by atoms with van der Waals surface area (Å²) < 4.78 is 69.7. The van der Waals surface area contributed by atoms with E-state index in [1.54, 1.807) is 0 Å². The van der Waals surface area contributed by atoms with Crippen LogP contribution in [0.5, 0.6) is 0 Å². The first-order chi connectivity index (χ1) is 17.2. The van der Waals surface area contributed by atoms with Crippen molar-refractivity contribution < 1.29 is 50.9 Å². The largest absolute Gasteiger partial charge is 0.490 e. The number of piperidine rings is 1. The Balaban J connectivity index is 0.000000286. The van der Waals surface area contributed by atoms with Crippen LogP contribution in [0.3, 0.4) is 0 Å². The SMILES string of the molecule is CN1CCN(C[C@H]2OC[C@@H]3CCN(Cc4cccs4)C[C@@H]32)CC1.O=C(O)C(F)(F)F.O=C(O)C(F)(F)F. The van der Waals surface area contributed by atoms with Gasteiger partial charge < -0.3 is 19.8 Å². The summed E-state index contributed by atoms with van der Waals surface area (Å²) in [6.07, 6.45) is -8.40. The Morgan fingerprint density at radius 1 is 1.00 bits per heavy atom. The van der Waals surface area contributed by atoms with E-state index in [0.717, 1.165) is 31.5 Å². The minimum atomic E-state index is -5.08. The molecule has 4 rings (SSSR count). The van der Waals surface area contributed by atoms with Crippen molar-refractivity contribution in [2.75, 3.05) is 59.5 Å². The molecule has 0 aromatic carbocycles. The Morgan fingerprint density at radius 2 is 1.57 bits per heavy atom. The number of fused-ring (bicyclic) bond motifs is 1. The van der Waals surface area contributed by atoms with Gasteiger partial charge in [-0.15, -0.1) is 11.3 Å². The van der Waals surface area contributed by atoms with E-state index in [4.69, 9.17) is 24.5 Å². The van der Waals surface area contributed by atoms with Gasteiger partial charge in [-0.05, 0) is 37.4 Å². The van der Waals surface area contributed by atoms with E-state index in [1.165, 1.54) is 50.6 Å². The third kappa shape index (κ3) is 10.8. The van der Waals surface area contributed by atoms with Crippen LogP contribution in [0.15, 0.2) is 17.5 Å². The second kappa shape index (κ2) is 13.7. The van der Waals surface area contributed by atoms with Gasteiger partial charge in [0.1, 0.15) is 0 Å². The van der Waals surface area contributed by atoms with Gasteiger partial charge in [0.25, 0.3) is 0 Å². The summed E-state index contributed by atoms with van der Waals surface area (Å²) in [5.41, 5.74) is 0. The first-order valence-corrected chi connectivity index (χ1v) is 12.4. The number of hydrogen-bond acceptors (Lipinski definition) is 7. The Bertz CT molecular complexity index is 823. The molecule has 0 radical (unpaired) electrons. The van der Waals surface area contributed by atoms with Crippen molar-refractivity contribution in [1.82, 2.24) is 14.7 Å². The number of hydrogen-bond donors (Lipinski definition) is 2. The maximum atomic E-state index is 10.6. The number of ether oxygens (including phenoxy) is 1. The lowest BCUT2D eigenvalue weighted by Crippen LogP contribution is -2.49. The molecule has 2 N–H and O–H groups in total. The van der Waals surface area contributed by atoms with Crippen LogP contribution >= 0.6 is 11.3 Å². The Hall–Kier alpha value is -1.94. The van der Waals surface area contributed by atoms with Crippen molar-refractivity contribution in [2.45, 2.75) is 31.4 Å². The fraction of sp³-hybridized carbons (Fsp3) is 0.727. The van der Waals surface area contributed by atoms with E-state index in [-0.39, 0.29) is 0 Å². The number of alkyl halides is 6. The van der Waals surface area contributed by atoms with Crippen LogP contribution in [0.25, 0.3) is 0 Å².